The van der Waals surface area contributed by atoms with Crippen molar-refractivity contribution in [2.75, 3.05) is 26.8 Å². The first kappa shape index (κ1) is 15.4. The van der Waals surface area contributed by atoms with Crippen LogP contribution in [0.1, 0.15) is 40.0 Å². The van der Waals surface area contributed by atoms with Gasteiger partial charge in [-0.2, -0.15) is 0 Å². The lowest BCUT2D eigenvalue weighted by atomic mass is 9.78. The van der Waals surface area contributed by atoms with E-state index in [9.17, 15) is 4.79 Å². The molecular formula is C14H28N2O2. The molecule has 0 aromatic carbocycles. The first-order chi connectivity index (χ1) is 8.55. The number of rotatable bonds is 6. The fraction of sp³-hybridized carbons (Fsp3) is 0.929. The summed E-state index contributed by atoms with van der Waals surface area (Å²) < 4.78 is 5.29. The molecule has 0 saturated carbocycles. The maximum atomic E-state index is 12.5. The van der Waals surface area contributed by atoms with E-state index >= 15 is 0 Å². The van der Waals surface area contributed by atoms with Crippen LogP contribution in [0.3, 0.4) is 0 Å². The van der Waals surface area contributed by atoms with Crippen molar-refractivity contribution < 1.29 is 9.53 Å². The fourth-order valence-corrected chi connectivity index (χ4v) is 2.47. The molecule has 2 N–H and O–H groups in total. The van der Waals surface area contributed by atoms with Crippen molar-refractivity contribution in [1.29, 1.82) is 0 Å². The van der Waals surface area contributed by atoms with E-state index in [1.807, 2.05) is 0 Å². The molecular weight excluding hydrogens is 228 g/mol. The normalized spacial score (nSPS) is 22.2. The molecule has 0 aromatic rings. The van der Waals surface area contributed by atoms with Gasteiger partial charge in [0, 0.05) is 13.2 Å². The summed E-state index contributed by atoms with van der Waals surface area (Å²) in [5, 5.41) is 6.48. The molecule has 4 nitrogen and oxygen atoms in total. The van der Waals surface area contributed by atoms with E-state index in [4.69, 9.17) is 4.74 Å². The van der Waals surface area contributed by atoms with Crippen LogP contribution >= 0.6 is 0 Å². The van der Waals surface area contributed by atoms with Gasteiger partial charge < -0.3 is 15.4 Å². The third-order valence-corrected chi connectivity index (χ3v) is 4.32. The molecule has 1 amide bonds. The van der Waals surface area contributed by atoms with Gasteiger partial charge in [0.25, 0.3) is 0 Å². The molecule has 106 valence electrons. The Hall–Kier alpha value is -0.610. The molecule has 1 aliphatic heterocycles. The lowest BCUT2D eigenvalue weighted by Gasteiger charge is -2.37. The SMILES string of the molecule is CCC(C)C(C)NC(=O)C1(COC)CCNCC1. The van der Waals surface area contributed by atoms with Crippen molar-refractivity contribution in [3.8, 4) is 0 Å². The maximum absolute atomic E-state index is 12.5. The van der Waals surface area contributed by atoms with Crippen LogP contribution in [0.25, 0.3) is 0 Å². The second-order valence-corrected chi connectivity index (χ2v) is 5.61. The number of carbonyl (C=O) groups excluding carboxylic acids is 1. The van der Waals surface area contributed by atoms with Crippen LogP contribution in [0.15, 0.2) is 0 Å². The Bertz CT molecular complexity index is 257. The summed E-state index contributed by atoms with van der Waals surface area (Å²) in [6.07, 6.45) is 2.81. The molecule has 1 rings (SSSR count). The lowest BCUT2D eigenvalue weighted by molar-refractivity contribution is -0.137. The van der Waals surface area contributed by atoms with E-state index in [0.29, 0.717) is 12.5 Å². The Balaban J connectivity index is 2.65. The van der Waals surface area contributed by atoms with Gasteiger partial charge in [-0.15, -0.1) is 0 Å². The van der Waals surface area contributed by atoms with Crippen LogP contribution in [0, 0.1) is 11.3 Å². The first-order valence-corrected chi connectivity index (χ1v) is 7.06. The Kier molecular flexibility index (Phi) is 6.09. The molecule has 0 aliphatic carbocycles. The van der Waals surface area contributed by atoms with Crippen LogP contribution in [-0.2, 0) is 9.53 Å². The summed E-state index contributed by atoms with van der Waals surface area (Å²) in [5.41, 5.74) is -0.332. The second-order valence-electron chi connectivity index (χ2n) is 5.61. The summed E-state index contributed by atoms with van der Waals surface area (Å²) in [4.78, 5) is 12.5. The minimum absolute atomic E-state index is 0.165. The Morgan fingerprint density at radius 1 is 1.39 bits per heavy atom. The quantitative estimate of drug-likeness (QED) is 0.758. The number of piperidine rings is 1. The first-order valence-electron chi connectivity index (χ1n) is 7.06. The summed E-state index contributed by atoms with van der Waals surface area (Å²) >= 11 is 0. The van der Waals surface area contributed by atoms with E-state index in [0.717, 1.165) is 32.4 Å². The average molecular weight is 256 g/mol. The van der Waals surface area contributed by atoms with Gasteiger partial charge in [-0.3, -0.25) is 4.79 Å². The standard InChI is InChI=1S/C14H28N2O2/c1-5-11(2)12(3)16-13(17)14(10-18-4)6-8-15-9-7-14/h11-12,15H,5-10H2,1-4H3,(H,16,17). The highest BCUT2D eigenvalue weighted by Crippen LogP contribution is 2.29. The van der Waals surface area contributed by atoms with Crippen molar-refractivity contribution >= 4 is 5.91 Å². The van der Waals surface area contributed by atoms with Gasteiger partial charge in [-0.25, -0.2) is 0 Å². The Labute approximate surface area is 111 Å². The van der Waals surface area contributed by atoms with Gasteiger partial charge in [-0.05, 0) is 38.8 Å². The number of nitrogens with one attached hydrogen (secondary N) is 2. The predicted molar refractivity (Wildman–Crippen MR) is 73.5 cm³/mol. The van der Waals surface area contributed by atoms with E-state index in [2.05, 4.69) is 31.4 Å². The van der Waals surface area contributed by atoms with E-state index < -0.39 is 0 Å². The van der Waals surface area contributed by atoms with Crippen molar-refractivity contribution in [3.05, 3.63) is 0 Å². The monoisotopic (exact) mass is 256 g/mol. The number of amides is 1. The van der Waals surface area contributed by atoms with Gasteiger partial charge in [0.2, 0.25) is 5.91 Å². The highest BCUT2D eigenvalue weighted by Gasteiger charge is 2.40. The number of methoxy groups -OCH3 is 1. The zero-order valence-corrected chi connectivity index (χ0v) is 12.2. The number of hydrogen-bond acceptors (Lipinski definition) is 3. The van der Waals surface area contributed by atoms with Crippen LogP contribution in [0.4, 0.5) is 0 Å². The van der Waals surface area contributed by atoms with Crippen molar-refractivity contribution in [2.24, 2.45) is 11.3 Å². The molecule has 18 heavy (non-hydrogen) atoms. The number of hydrogen-bond donors (Lipinski definition) is 2. The highest BCUT2D eigenvalue weighted by atomic mass is 16.5. The number of ether oxygens (including phenoxy) is 1. The molecule has 0 spiro atoms. The highest BCUT2D eigenvalue weighted by molar-refractivity contribution is 5.83. The molecule has 1 saturated heterocycles. The summed E-state index contributed by atoms with van der Waals surface area (Å²) in [5.74, 6) is 0.675. The van der Waals surface area contributed by atoms with Crippen LogP contribution in [0.2, 0.25) is 0 Å². The molecule has 4 heteroatoms. The summed E-state index contributed by atoms with van der Waals surface area (Å²) in [7, 11) is 1.68. The molecule has 1 heterocycles. The van der Waals surface area contributed by atoms with Gasteiger partial charge in [0.1, 0.15) is 0 Å². The van der Waals surface area contributed by atoms with Gasteiger partial charge in [0.05, 0.1) is 12.0 Å². The van der Waals surface area contributed by atoms with Crippen LogP contribution in [0.5, 0.6) is 0 Å². The van der Waals surface area contributed by atoms with Crippen LogP contribution in [-0.4, -0.2) is 38.8 Å². The predicted octanol–water partition coefficient (Wildman–Crippen LogP) is 1.55. The third-order valence-electron chi connectivity index (χ3n) is 4.32. The van der Waals surface area contributed by atoms with Gasteiger partial charge >= 0.3 is 0 Å². The largest absolute Gasteiger partial charge is 0.384 e. The molecule has 0 radical (unpaired) electrons. The van der Waals surface area contributed by atoms with Crippen molar-refractivity contribution in [1.82, 2.24) is 10.6 Å². The minimum Gasteiger partial charge on any atom is -0.384 e. The Morgan fingerprint density at radius 3 is 2.50 bits per heavy atom. The van der Waals surface area contributed by atoms with Gasteiger partial charge in [0.15, 0.2) is 0 Å². The van der Waals surface area contributed by atoms with Crippen molar-refractivity contribution in [3.63, 3.8) is 0 Å². The molecule has 1 aliphatic rings. The van der Waals surface area contributed by atoms with E-state index in [-0.39, 0.29) is 17.4 Å². The van der Waals surface area contributed by atoms with Crippen molar-refractivity contribution in [2.45, 2.75) is 46.1 Å². The topological polar surface area (TPSA) is 50.4 Å². The minimum atomic E-state index is -0.332. The maximum Gasteiger partial charge on any atom is 0.228 e. The zero-order valence-electron chi connectivity index (χ0n) is 12.2. The summed E-state index contributed by atoms with van der Waals surface area (Å²) in [6.45, 7) is 8.74. The molecule has 0 bridgehead atoms. The molecule has 2 unspecified atom stereocenters. The smallest absolute Gasteiger partial charge is 0.228 e. The van der Waals surface area contributed by atoms with Crippen LogP contribution < -0.4 is 10.6 Å². The average Bonchev–Trinajstić information content (AvgIpc) is 2.39. The Morgan fingerprint density at radius 2 is 2.00 bits per heavy atom. The van der Waals surface area contributed by atoms with E-state index in [1.54, 1.807) is 7.11 Å². The zero-order chi connectivity index (χ0) is 13.6. The lowest BCUT2D eigenvalue weighted by Crippen LogP contribution is -2.52. The fourth-order valence-electron chi connectivity index (χ4n) is 2.47. The molecule has 1 fully saturated rings. The second kappa shape index (κ2) is 7.10. The molecule has 0 aromatic heterocycles. The van der Waals surface area contributed by atoms with E-state index in [1.165, 1.54) is 0 Å². The van der Waals surface area contributed by atoms with Gasteiger partial charge in [-0.1, -0.05) is 20.3 Å². The summed E-state index contributed by atoms with van der Waals surface area (Å²) in [6, 6.07) is 0.228. The molecule has 2 atom stereocenters. The number of carbonyl (C=O) groups is 1. The third kappa shape index (κ3) is 3.69.